The molecule has 6 heteroatoms. The molecule has 17 heavy (non-hydrogen) atoms. The number of benzene rings is 1. The monoisotopic (exact) mass is 244 g/mol. The van der Waals surface area contributed by atoms with Gasteiger partial charge >= 0.3 is 6.18 Å². The Balaban J connectivity index is 2.93. The molecule has 0 aliphatic carbocycles. The normalized spacial score (nSPS) is 11.0. The van der Waals surface area contributed by atoms with Gasteiger partial charge in [0.15, 0.2) is 0 Å². The van der Waals surface area contributed by atoms with Crippen LogP contribution in [0.4, 0.5) is 18.9 Å². The van der Waals surface area contributed by atoms with Crippen LogP contribution >= 0.6 is 0 Å². The molecule has 0 atom stereocenters. The Morgan fingerprint density at radius 3 is 2.59 bits per heavy atom. The van der Waals surface area contributed by atoms with Crippen LogP contribution in [0, 0.1) is 11.3 Å². The van der Waals surface area contributed by atoms with Crippen molar-refractivity contribution in [2.24, 2.45) is 0 Å². The second-order valence-electron chi connectivity index (χ2n) is 3.42. The molecule has 0 bridgehead atoms. The van der Waals surface area contributed by atoms with Crippen LogP contribution in [0.2, 0.25) is 0 Å². The lowest BCUT2D eigenvalue weighted by atomic mass is 10.2. The summed E-state index contributed by atoms with van der Waals surface area (Å²) in [5, 5.41) is 17.4. The Kier molecular flexibility index (Phi) is 4.35. The highest BCUT2D eigenvalue weighted by atomic mass is 19.4. The number of anilines is 1. The predicted octanol–water partition coefficient (Wildman–Crippen LogP) is 1.92. The lowest BCUT2D eigenvalue weighted by Gasteiger charge is -2.25. The number of hydrogen-bond acceptors (Lipinski definition) is 3. The van der Waals surface area contributed by atoms with Gasteiger partial charge in [0.25, 0.3) is 0 Å². The van der Waals surface area contributed by atoms with Gasteiger partial charge in [0, 0.05) is 12.2 Å². The molecule has 0 aliphatic heterocycles. The molecular formula is C11H11F3N2O. The van der Waals surface area contributed by atoms with Gasteiger partial charge in [0.2, 0.25) is 0 Å². The van der Waals surface area contributed by atoms with Crippen molar-refractivity contribution in [1.29, 1.82) is 5.26 Å². The maximum Gasteiger partial charge on any atom is 0.405 e. The molecule has 0 saturated heterocycles. The van der Waals surface area contributed by atoms with Crippen LogP contribution in [0.25, 0.3) is 0 Å². The van der Waals surface area contributed by atoms with Crippen molar-refractivity contribution >= 4 is 5.69 Å². The van der Waals surface area contributed by atoms with Gasteiger partial charge in [-0.15, -0.1) is 0 Å². The van der Waals surface area contributed by atoms with E-state index in [2.05, 4.69) is 0 Å². The molecule has 0 aliphatic rings. The Morgan fingerprint density at radius 2 is 2.06 bits per heavy atom. The molecule has 0 saturated carbocycles. The first kappa shape index (κ1) is 13.3. The zero-order chi connectivity index (χ0) is 12.9. The van der Waals surface area contributed by atoms with Crippen molar-refractivity contribution < 1.29 is 18.3 Å². The number of nitrogens with zero attached hydrogens (tertiary/aromatic N) is 2. The van der Waals surface area contributed by atoms with Crippen LogP contribution in [-0.4, -0.2) is 31.0 Å². The topological polar surface area (TPSA) is 47.3 Å². The number of aliphatic hydroxyl groups is 1. The number of aliphatic hydroxyl groups excluding tert-OH is 1. The van der Waals surface area contributed by atoms with Gasteiger partial charge in [-0.3, -0.25) is 0 Å². The molecule has 0 spiro atoms. The van der Waals surface area contributed by atoms with Crippen molar-refractivity contribution in [3.63, 3.8) is 0 Å². The van der Waals surface area contributed by atoms with E-state index in [0.717, 1.165) is 4.90 Å². The van der Waals surface area contributed by atoms with Crippen LogP contribution in [0.1, 0.15) is 5.56 Å². The van der Waals surface area contributed by atoms with Crippen molar-refractivity contribution in [1.82, 2.24) is 0 Å². The fourth-order valence-corrected chi connectivity index (χ4v) is 1.41. The molecule has 0 fully saturated rings. The van der Waals surface area contributed by atoms with E-state index in [9.17, 15) is 13.2 Å². The minimum absolute atomic E-state index is 0.131. The maximum atomic E-state index is 12.3. The quantitative estimate of drug-likeness (QED) is 0.880. The van der Waals surface area contributed by atoms with Crippen molar-refractivity contribution in [3.8, 4) is 6.07 Å². The van der Waals surface area contributed by atoms with Crippen molar-refractivity contribution in [3.05, 3.63) is 29.8 Å². The van der Waals surface area contributed by atoms with Crippen LogP contribution in [-0.2, 0) is 0 Å². The summed E-state index contributed by atoms with van der Waals surface area (Å²) in [4.78, 5) is 0.987. The van der Waals surface area contributed by atoms with Crippen molar-refractivity contribution in [2.75, 3.05) is 24.6 Å². The summed E-state index contributed by atoms with van der Waals surface area (Å²) in [5.74, 6) is 0. The average Bonchev–Trinajstić information content (AvgIpc) is 2.27. The summed E-state index contributed by atoms with van der Waals surface area (Å²) in [5.41, 5.74) is 0.558. The molecule has 1 aromatic carbocycles. The zero-order valence-electron chi connectivity index (χ0n) is 8.91. The third-order valence-corrected chi connectivity index (χ3v) is 2.08. The molecule has 3 nitrogen and oxygen atoms in total. The smallest absolute Gasteiger partial charge is 0.395 e. The highest BCUT2D eigenvalue weighted by Gasteiger charge is 2.30. The highest BCUT2D eigenvalue weighted by Crippen LogP contribution is 2.22. The number of rotatable bonds is 4. The average molecular weight is 244 g/mol. The summed E-state index contributed by atoms with van der Waals surface area (Å²) < 4.78 is 36.9. The molecule has 0 unspecified atom stereocenters. The first-order chi connectivity index (χ1) is 7.96. The van der Waals surface area contributed by atoms with Gasteiger partial charge in [-0.05, 0) is 18.2 Å². The number of alkyl halides is 3. The number of nitriles is 1. The van der Waals surface area contributed by atoms with E-state index in [0.29, 0.717) is 0 Å². The van der Waals surface area contributed by atoms with E-state index in [1.54, 1.807) is 0 Å². The maximum absolute atomic E-state index is 12.3. The van der Waals surface area contributed by atoms with E-state index in [4.69, 9.17) is 10.4 Å². The molecule has 0 aromatic heterocycles. The summed E-state index contributed by atoms with van der Waals surface area (Å²) >= 11 is 0. The van der Waals surface area contributed by atoms with Crippen LogP contribution in [0.3, 0.4) is 0 Å². The summed E-state index contributed by atoms with van der Waals surface area (Å²) in [7, 11) is 0. The summed E-state index contributed by atoms with van der Waals surface area (Å²) in [6.45, 7) is -1.66. The fraction of sp³-hybridized carbons (Fsp3) is 0.364. The van der Waals surface area contributed by atoms with Crippen LogP contribution in [0.15, 0.2) is 24.3 Å². The molecule has 1 N–H and O–H groups in total. The minimum Gasteiger partial charge on any atom is -0.395 e. The Morgan fingerprint density at radius 1 is 1.35 bits per heavy atom. The largest absolute Gasteiger partial charge is 0.405 e. The third kappa shape index (κ3) is 4.33. The SMILES string of the molecule is N#Cc1cccc(N(CCO)CC(F)(F)F)c1. The third-order valence-electron chi connectivity index (χ3n) is 2.08. The van der Waals surface area contributed by atoms with Gasteiger partial charge in [-0.25, -0.2) is 0 Å². The number of hydrogen-bond donors (Lipinski definition) is 1. The second kappa shape index (κ2) is 5.55. The predicted molar refractivity (Wildman–Crippen MR) is 56.5 cm³/mol. The van der Waals surface area contributed by atoms with Crippen LogP contribution in [0.5, 0.6) is 0 Å². The fourth-order valence-electron chi connectivity index (χ4n) is 1.41. The Bertz CT molecular complexity index is 412. The van der Waals surface area contributed by atoms with Gasteiger partial charge in [-0.1, -0.05) is 6.07 Å². The van der Waals surface area contributed by atoms with Gasteiger partial charge in [-0.2, -0.15) is 18.4 Å². The summed E-state index contributed by atoms with van der Waals surface area (Å²) in [6.07, 6.45) is -4.35. The molecular weight excluding hydrogens is 233 g/mol. The second-order valence-corrected chi connectivity index (χ2v) is 3.42. The molecule has 0 heterocycles. The van der Waals surface area contributed by atoms with Gasteiger partial charge in [0.1, 0.15) is 6.54 Å². The molecule has 0 radical (unpaired) electrons. The van der Waals surface area contributed by atoms with Crippen LogP contribution < -0.4 is 4.90 Å². The number of halogens is 3. The Hall–Kier alpha value is -1.74. The standard InChI is InChI=1S/C11H11F3N2O/c12-11(13,14)8-16(4-5-17)10-3-1-2-9(6-10)7-15/h1-3,6,17H,4-5,8H2. The van der Waals surface area contributed by atoms with Gasteiger partial charge < -0.3 is 10.0 Å². The molecule has 0 amide bonds. The minimum atomic E-state index is -4.35. The first-order valence-electron chi connectivity index (χ1n) is 4.89. The van der Waals surface area contributed by atoms with E-state index in [1.165, 1.54) is 24.3 Å². The molecule has 1 aromatic rings. The van der Waals surface area contributed by atoms with Crippen molar-refractivity contribution in [2.45, 2.75) is 6.18 Å². The first-order valence-corrected chi connectivity index (χ1v) is 4.89. The Labute approximate surface area is 96.7 Å². The lowest BCUT2D eigenvalue weighted by Crippen LogP contribution is -2.36. The zero-order valence-corrected chi connectivity index (χ0v) is 8.91. The summed E-state index contributed by atoms with van der Waals surface area (Å²) in [6, 6.07) is 7.71. The van der Waals surface area contributed by atoms with Gasteiger partial charge in [0.05, 0.1) is 18.2 Å². The molecule has 1 rings (SSSR count). The van der Waals surface area contributed by atoms with E-state index in [-0.39, 0.29) is 24.4 Å². The van der Waals surface area contributed by atoms with E-state index >= 15 is 0 Å². The highest BCUT2D eigenvalue weighted by molar-refractivity contribution is 5.51. The molecule has 92 valence electrons. The lowest BCUT2D eigenvalue weighted by molar-refractivity contribution is -0.119. The van der Waals surface area contributed by atoms with E-state index in [1.807, 2.05) is 6.07 Å². The van der Waals surface area contributed by atoms with E-state index < -0.39 is 12.7 Å².